The molecule has 1 aromatic heterocycles. The number of carbonyl (C=O) groups is 1. The normalized spacial score (nSPS) is 12.5. The van der Waals surface area contributed by atoms with E-state index in [9.17, 15) is 9.18 Å². The van der Waals surface area contributed by atoms with Crippen molar-refractivity contribution in [3.05, 3.63) is 64.7 Å². The highest BCUT2D eigenvalue weighted by Crippen LogP contribution is 2.11. The van der Waals surface area contributed by atoms with Crippen molar-refractivity contribution in [3.63, 3.8) is 0 Å². The van der Waals surface area contributed by atoms with Crippen LogP contribution < -0.4 is 16.4 Å². The molecule has 1 unspecified atom stereocenters. The maximum Gasteiger partial charge on any atom is 0.222 e. The maximum absolute atomic E-state index is 13.0. The van der Waals surface area contributed by atoms with Gasteiger partial charge in [-0.25, -0.2) is 9.37 Å². The third kappa shape index (κ3) is 7.52. The number of primary amides is 1. The van der Waals surface area contributed by atoms with E-state index in [0.717, 1.165) is 17.5 Å². The Morgan fingerprint density at radius 3 is 2.54 bits per heavy atom. The summed E-state index contributed by atoms with van der Waals surface area (Å²) in [5.74, 6) is -0.612. The van der Waals surface area contributed by atoms with Crippen LogP contribution in [0.25, 0.3) is 0 Å². The van der Waals surface area contributed by atoms with Gasteiger partial charge in [0.15, 0.2) is 5.96 Å². The molecule has 150 valence electrons. The summed E-state index contributed by atoms with van der Waals surface area (Å²) in [5, 5.41) is 6.83. The second-order valence-corrected chi connectivity index (χ2v) is 6.70. The number of aliphatic imine (C=N–C) groups is 1. The lowest BCUT2D eigenvalue weighted by atomic mass is 9.99. The van der Waals surface area contributed by atoms with Gasteiger partial charge in [-0.15, -0.1) is 0 Å². The molecule has 0 saturated carbocycles. The molecule has 8 heteroatoms. The van der Waals surface area contributed by atoms with Crippen molar-refractivity contribution in [1.82, 2.24) is 15.6 Å². The number of nitrogens with two attached hydrogens (primary N) is 1. The number of rotatable bonds is 9. The topological polar surface area (TPSA) is 92.4 Å². The van der Waals surface area contributed by atoms with Gasteiger partial charge in [0.25, 0.3) is 0 Å². The minimum Gasteiger partial charge on any atom is -0.369 e. The Kier molecular flexibility index (Phi) is 8.68. The molecule has 2 rings (SSSR count). The summed E-state index contributed by atoms with van der Waals surface area (Å²) in [7, 11) is 0. The first kappa shape index (κ1) is 21.6. The number of hydrogen-bond donors (Lipinski definition) is 3. The van der Waals surface area contributed by atoms with Crippen molar-refractivity contribution in [2.45, 2.75) is 19.8 Å². The van der Waals surface area contributed by atoms with E-state index in [1.54, 1.807) is 24.4 Å². The number of benzene rings is 1. The molecule has 0 aliphatic carbocycles. The maximum atomic E-state index is 13.0. The van der Waals surface area contributed by atoms with Gasteiger partial charge < -0.3 is 16.4 Å². The van der Waals surface area contributed by atoms with Gasteiger partial charge in [0.1, 0.15) is 11.0 Å². The molecule has 0 fully saturated rings. The lowest BCUT2D eigenvalue weighted by Crippen LogP contribution is -2.39. The minimum atomic E-state index is -0.471. The standard InChI is InChI=1S/C20H25ClFN5O/c1-2-24-20(25-10-9-15-5-8-18(21)26-12-15)27-13-16(19(23)28)11-14-3-6-17(22)7-4-14/h3-8,12,16H,2,9-11,13H2,1H3,(H2,23,28)(H2,24,25,27). The summed E-state index contributed by atoms with van der Waals surface area (Å²) < 4.78 is 13.0. The van der Waals surface area contributed by atoms with E-state index in [1.807, 2.05) is 13.0 Å². The van der Waals surface area contributed by atoms with Gasteiger partial charge in [-0.05, 0) is 49.1 Å². The predicted octanol–water partition coefficient (Wildman–Crippen LogP) is 2.32. The van der Waals surface area contributed by atoms with Gasteiger partial charge in [-0.2, -0.15) is 0 Å². The van der Waals surface area contributed by atoms with E-state index in [0.29, 0.717) is 30.6 Å². The summed E-state index contributed by atoms with van der Waals surface area (Å²) in [5.41, 5.74) is 7.42. The molecule has 0 aliphatic heterocycles. The van der Waals surface area contributed by atoms with Crippen LogP contribution in [0, 0.1) is 11.7 Å². The van der Waals surface area contributed by atoms with E-state index in [-0.39, 0.29) is 12.4 Å². The van der Waals surface area contributed by atoms with Crippen LogP contribution in [0.2, 0.25) is 5.15 Å². The third-order valence-corrected chi connectivity index (χ3v) is 4.33. The molecule has 1 aromatic carbocycles. The van der Waals surface area contributed by atoms with Gasteiger partial charge in [0, 0.05) is 19.3 Å². The summed E-state index contributed by atoms with van der Waals surface area (Å²) in [6.07, 6.45) is 2.90. The number of carbonyl (C=O) groups excluding carboxylic acids is 1. The number of halogens is 2. The van der Waals surface area contributed by atoms with Gasteiger partial charge in [0.2, 0.25) is 5.91 Å². The fraction of sp³-hybridized carbons (Fsp3) is 0.350. The number of nitrogens with one attached hydrogen (secondary N) is 2. The van der Waals surface area contributed by atoms with E-state index >= 15 is 0 Å². The molecule has 1 heterocycles. The molecule has 1 atom stereocenters. The largest absolute Gasteiger partial charge is 0.369 e. The summed E-state index contributed by atoms with van der Waals surface area (Å²) >= 11 is 5.79. The van der Waals surface area contributed by atoms with Crippen LogP contribution in [0.4, 0.5) is 4.39 Å². The van der Waals surface area contributed by atoms with Gasteiger partial charge in [0.05, 0.1) is 12.5 Å². The SMILES string of the molecule is CCNC(=NCC(Cc1ccc(F)cc1)C(N)=O)NCCc1ccc(Cl)nc1. The van der Waals surface area contributed by atoms with Crippen molar-refractivity contribution >= 4 is 23.5 Å². The van der Waals surface area contributed by atoms with Crippen LogP contribution in [-0.4, -0.2) is 36.5 Å². The highest BCUT2D eigenvalue weighted by atomic mass is 35.5. The van der Waals surface area contributed by atoms with E-state index in [2.05, 4.69) is 20.6 Å². The van der Waals surface area contributed by atoms with Crippen molar-refractivity contribution < 1.29 is 9.18 Å². The highest BCUT2D eigenvalue weighted by molar-refractivity contribution is 6.29. The van der Waals surface area contributed by atoms with Gasteiger partial charge in [-0.1, -0.05) is 29.8 Å². The highest BCUT2D eigenvalue weighted by Gasteiger charge is 2.16. The summed E-state index contributed by atoms with van der Waals surface area (Å²) in [6, 6.07) is 9.72. The van der Waals surface area contributed by atoms with Crippen LogP contribution in [0.1, 0.15) is 18.1 Å². The number of nitrogens with zero attached hydrogens (tertiary/aromatic N) is 2. The van der Waals surface area contributed by atoms with E-state index in [1.165, 1.54) is 12.1 Å². The number of amides is 1. The second-order valence-electron chi connectivity index (χ2n) is 6.32. The molecule has 2 aromatic rings. The van der Waals surface area contributed by atoms with Gasteiger partial charge >= 0.3 is 0 Å². The lowest BCUT2D eigenvalue weighted by Gasteiger charge is -2.14. The molecule has 0 radical (unpaired) electrons. The Bertz CT molecular complexity index is 780. The minimum absolute atomic E-state index is 0.241. The average molecular weight is 406 g/mol. The molecule has 1 amide bonds. The van der Waals surface area contributed by atoms with Crippen LogP contribution in [0.5, 0.6) is 0 Å². The number of hydrogen-bond acceptors (Lipinski definition) is 3. The first-order valence-corrected chi connectivity index (χ1v) is 9.52. The quantitative estimate of drug-likeness (QED) is 0.339. The number of guanidine groups is 1. The van der Waals surface area contributed by atoms with Crippen LogP contribution in [0.3, 0.4) is 0 Å². The van der Waals surface area contributed by atoms with Crippen molar-refractivity contribution in [3.8, 4) is 0 Å². The number of aromatic nitrogens is 1. The average Bonchev–Trinajstić information content (AvgIpc) is 2.67. The smallest absolute Gasteiger partial charge is 0.222 e. The fourth-order valence-electron chi connectivity index (χ4n) is 2.58. The predicted molar refractivity (Wildman–Crippen MR) is 110 cm³/mol. The Hall–Kier alpha value is -2.67. The Balaban J connectivity index is 1.92. The van der Waals surface area contributed by atoms with Crippen molar-refractivity contribution in [2.75, 3.05) is 19.6 Å². The van der Waals surface area contributed by atoms with Crippen LogP contribution >= 0.6 is 11.6 Å². The third-order valence-electron chi connectivity index (χ3n) is 4.11. The molecular weight excluding hydrogens is 381 g/mol. The van der Waals surface area contributed by atoms with Crippen molar-refractivity contribution in [2.24, 2.45) is 16.6 Å². The molecule has 0 aliphatic rings. The molecule has 4 N–H and O–H groups in total. The first-order valence-electron chi connectivity index (χ1n) is 9.14. The number of pyridine rings is 1. The Labute approximate surface area is 169 Å². The summed E-state index contributed by atoms with van der Waals surface area (Å²) in [6.45, 7) is 3.54. The molecule has 28 heavy (non-hydrogen) atoms. The zero-order valence-corrected chi connectivity index (χ0v) is 16.5. The van der Waals surface area contributed by atoms with E-state index in [4.69, 9.17) is 17.3 Å². The first-order chi connectivity index (χ1) is 13.5. The second kappa shape index (κ2) is 11.2. The molecule has 0 saturated heterocycles. The molecule has 0 bridgehead atoms. The molecular formula is C20H25ClFN5O. The summed E-state index contributed by atoms with van der Waals surface area (Å²) in [4.78, 5) is 20.3. The Morgan fingerprint density at radius 1 is 1.21 bits per heavy atom. The van der Waals surface area contributed by atoms with Crippen LogP contribution in [-0.2, 0) is 17.6 Å². The molecule has 6 nitrogen and oxygen atoms in total. The van der Waals surface area contributed by atoms with E-state index < -0.39 is 11.8 Å². The lowest BCUT2D eigenvalue weighted by molar-refractivity contribution is -0.121. The molecule has 0 spiro atoms. The Morgan fingerprint density at radius 2 is 1.93 bits per heavy atom. The van der Waals surface area contributed by atoms with Gasteiger partial charge in [-0.3, -0.25) is 9.79 Å². The zero-order valence-electron chi connectivity index (χ0n) is 15.8. The van der Waals surface area contributed by atoms with Crippen LogP contribution in [0.15, 0.2) is 47.6 Å². The van der Waals surface area contributed by atoms with Crippen molar-refractivity contribution in [1.29, 1.82) is 0 Å². The zero-order chi connectivity index (χ0) is 20.4. The monoisotopic (exact) mass is 405 g/mol. The fourth-order valence-corrected chi connectivity index (χ4v) is 2.69.